The van der Waals surface area contributed by atoms with Crippen LogP contribution in [0.15, 0.2) is 30.3 Å². The van der Waals surface area contributed by atoms with Crippen molar-refractivity contribution in [1.82, 2.24) is 4.98 Å². The number of pyridine rings is 1. The molecule has 1 aromatic carbocycles. The quantitative estimate of drug-likeness (QED) is 0.808. The second-order valence-corrected chi connectivity index (χ2v) is 6.06. The summed E-state index contributed by atoms with van der Waals surface area (Å²) < 4.78 is 0.574. The largest absolute Gasteiger partial charge is 0.345 e. The number of H-pyrrole nitrogens is 1. The summed E-state index contributed by atoms with van der Waals surface area (Å²) in [6, 6.07) is 12.6. The molecule has 1 heterocycles. The van der Waals surface area contributed by atoms with Crippen LogP contribution in [0.4, 0.5) is 0 Å². The van der Waals surface area contributed by atoms with E-state index in [0.717, 1.165) is 30.5 Å². The summed E-state index contributed by atoms with van der Waals surface area (Å²) in [5.41, 5.74) is 5.40. The first-order valence-corrected chi connectivity index (χ1v) is 7.89. The van der Waals surface area contributed by atoms with Crippen LogP contribution in [0, 0.1) is 21.9 Å². The summed E-state index contributed by atoms with van der Waals surface area (Å²) in [6.07, 6.45) is 4.35. The van der Waals surface area contributed by atoms with E-state index >= 15 is 0 Å². The average molecular weight is 294 g/mol. The van der Waals surface area contributed by atoms with Crippen LogP contribution in [0.25, 0.3) is 11.3 Å². The lowest BCUT2D eigenvalue weighted by atomic mass is 9.79. The van der Waals surface area contributed by atoms with Crippen molar-refractivity contribution in [1.29, 1.82) is 5.26 Å². The zero-order chi connectivity index (χ0) is 14.8. The molecule has 3 rings (SSSR count). The number of fused-ring (bicyclic) bond motifs is 1. The maximum atomic E-state index is 9.42. The van der Waals surface area contributed by atoms with E-state index in [-0.39, 0.29) is 0 Å². The Balaban J connectivity index is 2.24. The molecule has 3 heteroatoms. The predicted octanol–water partition coefficient (Wildman–Crippen LogP) is 4.80. The van der Waals surface area contributed by atoms with Gasteiger partial charge >= 0.3 is 0 Å². The number of benzene rings is 1. The van der Waals surface area contributed by atoms with Gasteiger partial charge in [0.25, 0.3) is 0 Å². The Morgan fingerprint density at radius 2 is 2.05 bits per heavy atom. The number of nitrogens with one attached hydrogen (secondary N) is 1. The van der Waals surface area contributed by atoms with Crippen molar-refractivity contribution < 1.29 is 0 Å². The third-order valence-corrected chi connectivity index (χ3v) is 4.79. The molecule has 21 heavy (non-hydrogen) atoms. The van der Waals surface area contributed by atoms with Crippen molar-refractivity contribution >= 4 is 12.2 Å². The SMILES string of the molecule is CCC1CCc2c(c(-c3ccccc3)[nH]c(=S)c2C#N)C1. The Labute approximate surface area is 130 Å². The highest BCUT2D eigenvalue weighted by Crippen LogP contribution is 2.35. The summed E-state index contributed by atoms with van der Waals surface area (Å²) in [5, 5.41) is 9.42. The average Bonchev–Trinajstić information content (AvgIpc) is 2.54. The number of rotatable bonds is 2. The highest BCUT2D eigenvalue weighted by atomic mass is 32.1. The normalized spacial score (nSPS) is 17.0. The van der Waals surface area contributed by atoms with Gasteiger partial charge in [-0.15, -0.1) is 0 Å². The van der Waals surface area contributed by atoms with E-state index < -0.39 is 0 Å². The van der Waals surface area contributed by atoms with Gasteiger partial charge in [0.05, 0.1) is 5.56 Å². The fourth-order valence-electron chi connectivity index (χ4n) is 3.25. The highest BCUT2D eigenvalue weighted by molar-refractivity contribution is 7.71. The molecule has 0 bridgehead atoms. The highest BCUT2D eigenvalue weighted by Gasteiger charge is 2.24. The number of aromatic amines is 1. The van der Waals surface area contributed by atoms with Crippen molar-refractivity contribution in [2.24, 2.45) is 5.92 Å². The van der Waals surface area contributed by atoms with Gasteiger partial charge in [-0.2, -0.15) is 5.26 Å². The molecule has 1 atom stereocenters. The Kier molecular flexibility index (Phi) is 3.90. The van der Waals surface area contributed by atoms with Crippen molar-refractivity contribution in [3.63, 3.8) is 0 Å². The summed E-state index contributed by atoms with van der Waals surface area (Å²) >= 11 is 5.40. The molecule has 1 aliphatic rings. The lowest BCUT2D eigenvalue weighted by Crippen LogP contribution is -2.17. The van der Waals surface area contributed by atoms with Gasteiger partial charge in [-0.1, -0.05) is 55.9 Å². The van der Waals surface area contributed by atoms with Gasteiger partial charge in [-0.25, -0.2) is 0 Å². The molecule has 2 nitrogen and oxygen atoms in total. The standard InChI is InChI=1S/C18H18N2S/c1-2-12-8-9-14-15(10-12)17(13-6-4-3-5-7-13)20-18(21)16(14)11-19/h3-7,12H,2,8-10H2,1H3,(H,20,21). The van der Waals surface area contributed by atoms with Crippen LogP contribution in [0.5, 0.6) is 0 Å². The van der Waals surface area contributed by atoms with E-state index in [1.165, 1.54) is 17.5 Å². The van der Waals surface area contributed by atoms with Crippen LogP contribution < -0.4 is 0 Å². The molecule has 0 aliphatic heterocycles. The minimum absolute atomic E-state index is 0.574. The Morgan fingerprint density at radius 1 is 1.29 bits per heavy atom. The number of hydrogen-bond acceptors (Lipinski definition) is 2. The molecule has 0 saturated carbocycles. The van der Waals surface area contributed by atoms with Gasteiger partial charge in [0.2, 0.25) is 0 Å². The molecule has 0 spiro atoms. The van der Waals surface area contributed by atoms with E-state index in [1.54, 1.807) is 0 Å². The zero-order valence-corrected chi connectivity index (χ0v) is 13.0. The van der Waals surface area contributed by atoms with Crippen LogP contribution in [0.2, 0.25) is 0 Å². The Morgan fingerprint density at radius 3 is 2.71 bits per heavy atom. The van der Waals surface area contributed by atoms with E-state index in [0.29, 0.717) is 16.1 Å². The maximum absolute atomic E-state index is 9.42. The fraction of sp³-hybridized carbons (Fsp3) is 0.333. The van der Waals surface area contributed by atoms with Crippen LogP contribution in [-0.2, 0) is 12.8 Å². The second-order valence-electron chi connectivity index (χ2n) is 5.66. The van der Waals surface area contributed by atoms with E-state index in [1.807, 2.05) is 18.2 Å². The smallest absolute Gasteiger partial charge is 0.121 e. The summed E-state index contributed by atoms with van der Waals surface area (Å²) in [5.74, 6) is 0.705. The van der Waals surface area contributed by atoms with Gasteiger partial charge in [0.15, 0.2) is 0 Å². The minimum atomic E-state index is 0.574. The van der Waals surface area contributed by atoms with Crippen molar-refractivity contribution in [2.45, 2.75) is 32.6 Å². The molecule has 106 valence electrons. The van der Waals surface area contributed by atoms with Crippen LogP contribution >= 0.6 is 12.2 Å². The molecule has 1 N–H and O–H groups in total. The Hall–Kier alpha value is -1.92. The number of nitrogens with zero attached hydrogens (tertiary/aromatic N) is 1. The second kappa shape index (κ2) is 5.83. The molecular weight excluding hydrogens is 276 g/mol. The first kappa shape index (κ1) is 14.0. The van der Waals surface area contributed by atoms with Crippen molar-refractivity contribution in [2.75, 3.05) is 0 Å². The minimum Gasteiger partial charge on any atom is -0.345 e. The van der Waals surface area contributed by atoms with Crippen molar-refractivity contribution in [3.05, 3.63) is 51.7 Å². The number of nitriles is 1. The fourth-order valence-corrected chi connectivity index (χ4v) is 3.52. The molecule has 1 unspecified atom stereocenters. The monoisotopic (exact) mass is 294 g/mol. The third kappa shape index (κ3) is 2.52. The summed E-state index contributed by atoms with van der Waals surface area (Å²) in [6.45, 7) is 2.24. The van der Waals surface area contributed by atoms with E-state index in [4.69, 9.17) is 12.2 Å². The van der Waals surface area contributed by atoms with Gasteiger partial charge in [0.1, 0.15) is 10.7 Å². The molecular formula is C18H18N2S. The molecule has 2 aromatic rings. The third-order valence-electron chi connectivity index (χ3n) is 4.48. The first-order valence-electron chi connectivity index (χ1n) is 7.48. The Bertz CT molecular complexity index is 753. The number of hydrogen-bond donors (Lipinski definition) is 1. The predicted molar refractivity (Wildman–Crippen MR) is 87.6 cm³/mol. The zero-order valence-electron chi connectivity index (χ0n) is 12.1. The molecule has 1 aliphatic carbocycles. The van der Waals surface area contributed by atoms with Crippen LogP contribution in [0.3, 0.4) is 0 Å². The maximum Gasteiger partial charge on any atom is 0.121 e. The molecule has 0 fully saturated rings. The van der Waals surface area contributed by atoms with Gasteiger partial charge in [0, 0.05) is 5.69 Å². The van der Waals surface area contributed by atoms with Crippen molar-refractivity contribution in [3.8, 4) is 17.3 Å². The van der Waals surface area contributed by atoms with E-state index in [2.05, 4.69) is 30.1 Å². The lowest BCUT2D eigenvalue weighted by molar-refractivity contribution is 0.444. The van der Waals surface area contributed by atoms with Gasteiger partial charge < -0.3 is 4.98 Å². The van der Waals surface area contributed by atoms with Crippen LogP contribution in [0.1, 0.15) is 36.5 Å². The molecule has 0 saturated heterocycles. The molecule has 0 amide bonds. The van der Waals surface area contributed by atoms with E-state index in [9.17, 15) is 5.26 Å². The first-order chi connectivity index (χ1) is 10.2. The summed E-state index contributed by atoms with van der Waals surface area (Å²) in [4.78, 5) is 3.31. The van der Waals surface area contributed by atoms with Gasteiger partial charge in [-0.05, 0) is 41.9 Å². The summed E-state index contributed by atoms with van der Waals surface area (Å²) in [7, 11) is 0. The topological polar surface area (TPSA) is 39.6 Å². The van der Waals surface area contributed by atoms with Gasteiger partial charge in [-0.3, -0.25) is 0 Å². The lowest BCUT2D eigenvalue weighted by Gasteiger charge is -2.26. The molecule has 0 radical (unpaired) electrons. The number of aromatic nitrogens is 1. The van der Waals surface area contributed by atoms with Crippen LogP contribution in [-0.4, -0.2) is 4.98 Å². The molecule has 1 aromatic heterocycles.